The highest BCUT2D eigenvalue weighted by molar-refractivity contribution is 6.36. The molecule has 0 atom stereocenters. The van der Waals surface area contributed by atoms with Gasteiger partial charge in [-0.05, 0) is 53.6 Å². The number of aromatic nitrogens is 2. The van der Waals surface area contributed by atoms with Crippen LogP contribution in [0, 0.1) is 5.82 Å². The van der Waals surface area contributed by atoms with Crippen molar-refractivity contribution < 1.29 is 13.9 Å². The summed E-state index contributed by atoms with van der Waals surface area (Å²) in [5.74, 6) is 0.571. The van der Waals surface area contributed by atoms with Crippen molar-refractivity contribution in [2.75, 3.05) is 31.2 Å². The number of benzene rings is 3. The predicted molar refractivity (Wildman–Crippen MR) is 142 cm³/mol. The summed E-state index contributed by atoms with van der Waals surface area (Å²) in [6, 6.07) is 18.8. The molecule has 5 nitrogen and oxygen atoms in total. The number of ether oxygens (including phenoxy) is 2. The second-order valence-electron chi connectivity index (χ2n) is 8.20. The van der Waals surface area contributed by atoms with Crippen molar-refractivity contribution in [2.45, 2.75) is 6.61 Å². The van der Waals surface area contributed by atoms with Crippen LogP contribution in [0.15, 0.2) is 66.7 Å². The first kappa shape index (κ1) is 24.8. The first-order valence-electron chi connectivity index (χ1n) is 11.3. The molecule has 0 N–H and O–H groups in total. The Kier molecular flexibility index (Phi) is 7.58. The third-order valence-corrected chi connectivity index (χ3v) is 6.57. The van der Waals surface area contributed by atoms with E-state index in [-0.39, 0.29) is 12.4 Å². The number of nitrogens with zero attached hydrogens (tertiary/aromatic N) is 3. The van der Waals surface area contributed by atoms with Crippen molar-refractivity contribution in [3.8, 4) is 28.3 Å². The van der Waals surface area contributed by atoms with Crippen LogP contribution >= 0.6 is 34.8 Å². The van der Waals surface area contributed by atoms with Crippen molar-refractivity contribution in [3.05, 3.63) is 93.2 Å². The van der Waals surface area contributed by atoms with Crippen LogP contribution in [0.3, 0.4) is 0 Å². The molecule has 0 saturated carbocycles. The number of hydrogen-bond donors (Lipinski definition) is 0. The molecule has 4 aromatic rings. The van der Waals surface area contributed by atoms with Crippen molar-refractivity contribution >= 4 is 40.8 Å². The summed E-state index contributed by atoms with van der Waals surface area (Å²) in [5.41, 5.74) is 3.56. The van der Waals surface area contributed by atoms with E-state index in [1.165, 1.54) is 12.1 Å². The Labute approximate surface area is 223 Å². The molecule has 3 aromatic carbocycles. The van der Waals surface area contributed by atoms with Gasteiger partial charge >= 0.3 is 0 Å². The Hall–Kier alpha value is -2.90. The zero-order valence-electron chi connectivity index (χ0n) is 19.1. The van der Waals surface area contributed by atoms with Gasteiger partial charge in [-0.25, -0.2) is 9.37 Å². The molecule has 1 aliphatic heterocycles. The maximum Gasteiger partial charge on any atom is 0.229 e. The van der Waals surface area contributed by atoms with Crippen LogP contribution in [0.4, 0.5) is 10.3 Å². The molecule has 0 amide bonds. The summed E-state index contributed by atoms with van der Waals surface area (Å²) >= 11 is 19.0. The molecule has 1 aliphatic rings. The van der Waals surface area contributed by atoms with E-state index in [1.54, 1.807) is 36.4 Å². The lowest BCUT2D eigenvalue weighted by molar-refractivity contribution is 0.122. The summed E-state index contributed by atoms with van der Waals surface area (Å²) in [6.07, 6.45) is 0. The molecule has 0 bridgehead atoms. The number of morpholine rings is 1. The van der Waals surface area contributed by atoms with Crippen LogP contribution in [0.2, 0.25) is 15.1 Å². The topological polar surface area (TPSA) is 47.5 Å². The number of halogens is 4. The van der Waals surface area contributed by atoms with E-state index < -0.39 is 0 Å². The summed E-state index contributed by atoms with van der Waals surface area (Å²) in [7, 11) is 0. The Balaban J connectivity index is 1.68. The molecule has 1 saturated heterocycles. The molecule has 36 heavy (non-hydrogen) atoms. The zero-order chi connectivity index (χ0) is 25.1. The van der Waals surface area contributed by atoms with Crippen LogP contribution in [-0.2, 0) is 11.3 Å². The molecule has 2 heterocycles. The predicted octanol–water partition coefficient (Wildman–Crippen LogP) is 7.33. The van der Waals surface area contributed by atoms with Crippen molar-refractivity contribution in [1.29, 1.82) is 0 Å². The lowest BCUT2D eigenvalue weighted by atomic mass is 10.00. The standard InChI is InChI=1S/C27H21Cl3FN3O2/c28-19-5-3-18(4-6-19)24-25(22-10-7-20(29)15-23(22)30)32-27(34-11-13-35-14-12-34)33-26(24)36-16-17-1-8-21(31)9-2-17/h1-10,15H,11-14,16H2. The monoisotopic (exact) mass is 543 g/mol. The van der Waals surface area contributed by atoms with Crippen LogP contribution in [-0.4, -0.2) is 36.3 Å². The van der Waals surface area contributed by atoms with E-state index in [9.17, 15) is 4.39 Å². The fraction of sp³-hybridized carbons (Fsp3) is 0.185. The Morgan fingerprint density at radius 1 is 0.861 bits per heavy atom. The van der Waals surface area contributed by atoms with E-state index in [0.717, 1.165) is 11.1 Å². The van der Waals surface area contributed by atoms with Gasteiger partial charge in [0.2, 0.25) is 11.8 Å². The van der Waals surface area contributed by atoms with Crippen LogP contribution in [0.1, 0.15) is 5.56 Å². The lowest BCUT2D eigenvalue weighted by Gasteiger charge is -2.28. The van der Waals surface area contributed by atoms with Gasteiger partial charge in [0.25, 0.3) is 0 Å². The highest BCUT2D eigenvalue weighted by atomic mass is 35.5. The molecule has 0 aliphatic carbocycles. The molecule has 1 aromatic heterocycles. The molecule has 184 valence electrons. The minimum Gasteiger partial charge on any atom is -0.472 e. The number of rotatable bonds is 6. The fourth-order valence-corrected chi connectivity index (χ4v) is 4.55. The maximum atomic E-state index is 13.4. The van der Waals surface area contributed by atoms with Gasteiger partial charge in [0.1, 0.15) is 12.4 Å². The van der Waals surface area contributed by atoms with E-state index in [2.05, 4.69) is 0 Å². The SMILES string of the molecule is Fc1ccc(COc2nc(N3CCOCC3)nc(-c3ccc(Cl)cc3Cl)c2-c2ccc(Cl)cc2)cc1. The van der Waals surface area contributed by atoms with Gasteiger partial charge in [0, 0.05) is 28.7 Å². The largest absolute Gasteiger partial charge is 0.472 e. The average Bonchev–Trinajstić information content (AvgIpc) is 2.89. The number of anilines is 1. The second kappa shape index (κ2) is 11.0. The van der Waals surface area contributed by atoms with E-state index >= 15 is 0 Å². The smallest absolute Gasteiger partial charge is 0.229 e. The Morgan fingerprint density at radius 3 is 2.25 bits per heavy atom. The van der Waals surface area contributed by atoms with Crippen LogP contribution in [0.5, 0.6) is 5.88 Å². The molecular weight excluding hydrogens is 524 g/mol. The molecule has 0 radical (unpaired) electrons. The van der Waals surface area contributed by atoms with Crippen molar-refractivity contribution in [2.24, 2.45) is 0 Å². The van der Waals surface area contributed by atoms with Crippen molar-refractivity contribution in [3.63, 3.8) is 0 Å². The zero-order valence-corrected chi connectivity index (χ0v) is 21.3. The highest BCUT2D eigenvalue weighted by Gasteiger charge is 2.24. The minimum atomic E-state index is -0.308. The van der Waals surface area contributed by atoms with Crippen LogP contribution < -0.4 is 9.64 Å². The molecule has 1 fully saturated rings. The van der Waals surface area contributed by atoms with Gasteiger partial charge in [-0.1, -0.05) is 59.1 Å². The third-order valence-electron chi connectivity index (χ3n) is 5.77. The van der Waals surface area contributed by atoms with Gasteiger partial charge in [-0.2, -0.15) is 4.98 Å². The van der Waals surface area contributed by atoms with Crippen LogP contribution in [0.25, 0.3) is 22.4 Å². The third kappa shape index (κ3) is 5.57. The van der Waals surface area contributed by atoms with E-state index in [1.807, 2.05) is 23.1 Å². The van der Waals surface area contributed by atoms with E-state index in [4.69, 9.17) is 54.2 Å². The van der Waals surface area contributed by atoms with Crippen molar-refractivity contribution in [1.82, 2.24) is 9.97 Å². The fourth-order valence-electron chi connectivity index (χ4n) is 3.92. The maximum absolute atomic E-state index is 13.4. The molecule has 0 spiro atoms. The summed E-state index contributed by atoms with van der Waals surface area (Å²) in [4.78, 5) is 11.8. The molecule has 9 heteroatoms. The minimum absolute atomic E-state index is 0.189. The summed E-state index contributed by atoms with van der Waals surface area (Å²) < 4.78 is 25.2. The quantitative estimate of drug-likeness (QED) is 0.254. The molecule has 5 rings (SSSR count). The Morgan fingerprint density at radius 2 is 1.56 bits per heavy atom. The van der Waals surface area contributed by atoms with Gasteiger partial charge in [-0.3, -0.25) is 0 Å². The summed E-state index contributed by atoms with van der Waals surface area (Å²) in [6.45, 7) is 2.63. The van der Waals surface area contributed by atoms with Gasteiger partial charge < -0.3 is 14.4 Å². The number of hydrogen-bond acceptors (Lipinski definition) is 5. The average molecular weight is 545 g/mol. The second-order valence-corrected chi connectivity index (χ2v) is 9.48. The first-order valence-corrected chi connectivity index (χ1v) is 12.4. The lowest BCUT2D eigenvalue weighted by Crippen LogP contribution is -2.37. The Bertz CT molecular complexity index is 1360. The summed E-state index contributed by atoms with van der Waals surface area (Å²) in [5, 5.41) is 1.57. The highest BCUT2D eigenvalue weighted by Crippen LogP contribution is 2.42. The van der Waals surface area contributed by atoms with Gasteiger partial charge in [0.15, 0.2) is 0 Å². The normalized spacial score (nSPS) is 13.6. The van der Waals surface area contributed by atoms with Gasteiger partial charge in [0.05, 0.1) is 29.5 Å². The van der Waals surface area contributed by atoms with E-state index in [0.29, 0.717) is 70.0 Å². The molecular formula is C27H21Cl3FN3O2. The first-order chi connectivity index (χ1) is 17.5. The van der Waals surface area contributed by atoms with Gasteiger partial charge in [-0.15, -0.1) is 0 Å². The molecule has 0 unspecified atom stereocenters.